The number of hydrogen-bond donors (Lipinski definition) is 0. The van der Waals surface area contributed by atoms with Crippen molar-refractivity contribution in [2.75, 3.05) is 0 Å². The van der Waals surface area contributed by atoms with Crippen molar-refractivity contribution in [1.29, 1.82) is 0 Å². The van der Waals surface area contributed by atoms with Gasteiger partial charge in [-0.3, -0.25) is 14.5 Å². The lowest BCUT2D eigenvalue weighted by molar-refractivity contribution is -0.264. The van der Waals surface area contributed by atoms with Crippen molar-refractivity contribution in [2.45, 2.75) is 114 Å². The lowest BCUT2D eigenvalue weighted by atomic mass is 9.84. The summed E-state index contributed by atoms with van der Waals surface area (Å²) >= 11 is 0. The van der Waals surface area contributed by atoms with E-state index in [2.05, 4.69) is 30.1 Å². The van der Waals surface area contributed by atoms with E-state index in [0.717, 1.165) is 25.0 Å². The predicted octanol–water partition coefficient (Wildman–Crippen LogP) is 6.80. The first-order valence-corrected chi connectivity index (χ1v) is 16.5. The molecule has 1 unspecified atom stereocenters. The third-order valence-corrected chi connectivity index (χ3v) is 8.64. The Kier molecular flexibility index (Phi) is 14.3. The van der Waals surface area contributed by atoms with Crippen LogP contribution in [0.5, 0.6) is 0 Å². The van der Waals surface area contributed by atoms with Gasteiger partial charge in [0.05, 0.1) is 30.3 Å². The number of nitrogens with zero attached hydrogens (tertiary/aromatic N) is 10. The molecule has 0 bridgehead atoms. The second-order valence-electron chi connectivity index (χ2n) is 12.1. The first-order valence-electron chi connectivity index (χ1n) is 16.5. The first kappa shape index (κ1) is 38.3. The highest BCUT2D eigenvalue weighted by molar-refractivity contribution is 5.68. The van der Waals surface area contributed by atoms with Crippen molar-refractivity contribution >= 4 is 18.0 Å². The summed E-state index contributed by atoms with van der Waals surface area (Å²) in [6.45, 7) is 4.43. The van der Waals surface area contributed by atoms with Crippen LogP contribution < -0.4 is 0 Å². The standard InChI is InChI=1S/C33H40N10O8/c1-4-27(43(18-22-11-7-5-8-12-22)33(46)47-19-23-13-9-6-10-14-23)28-16-15-24(37-40-34)32(50-28)51-30-26(39-42-36)17-25(38-41-35)29(48-20(2)44)31(30)49-21(3)45/h5-14,24-32H,4,15-19H2,1-3H3/t24?,25-,26+,27-,28+,29+,30-,31-,32-/m1/s1. The maximum absolute atomic E-state index is 13.8. The van der Waals surface area contributed by atoms with Crippen LogP contribution in [0.25, 0.3) is 31.3 Å². The normalized spacial score (nSPS) is 26.1. The van der Waals surface area contributed by atoms with Gasteiger partial charge in [0.15, 0.2) is 12.4 Å². The highest BCUT2D eigenvalue weighted by Gasteiger charge is 2.51. The third kappa shape index (κ3) is 10.5. The SMILES string of the molecule is CC[C@H]([C@@H]1CCC(N=[N+]=[N-])[C@@H](O[C@H]2[C@H](OC(C)=O)[C@@H](OC(C)=O)[C@H](N=[N+]=[N-])C[C@@H]2N=[N+]=[N-])O1)N(Cc1ccccc1)C(=O)OCc1ccccc1. The van der Waals surface area contributed by atoms with Gasteiger partial charge in [-0.25, -0.2) is 4.79 Å². The van der Waals surface area contributed by atoms with E-state index in [9.17, 15) is 31.0 Å². The highest BCUT2D eigenvalue weighted by atomic mass is 16.7. The molecule has 0 radical (unpaired) electrons. The van der Waals surface area contributed by atoms with E-state index in [1.807, 2.05) is 67.6 Å². The zero-order valence-electron chi connectivity index (χ0n) is 28.5. The summed E-state index contributed by atoms with van der Waals surface area (Å²) in [4.78, 5) is 48.5. The summed E-state index contributed by atoms with van der Waals surface area (Å²) < 4.78 is 29.7. The molecule has 1 aliphatic heterocycles. The molecule has 18 nitrogen and oxygen atoms in total. The topological polar surface area (TPSA) is 247 Å². The van der Waals surface area contributed by atoms with Gasteiger partial charge >= 0.3 is 18.0 Å². The van der Waals surface area contributed by atoms with Crippen LogP contribution in [-0.4, -0.2) is 77.8 Å². The summed E-state index contributed by atoms with van der Waals surface area (Å²) in [7, 11) is 0. The molecule has 2 aromatic carbocycles. The van der Waals surface area contributed by atoms with E-state index in [1.165, 1.54) is 0 Å². The Morgan fingerprint density at radius 2 is 1.35 bits per heavy atom. The summed E-state index contributed by atoms with van der Waals surface area (Å²) in [6, 6.07) is 15.1. The van der Waals surface area contributed by atoms with E-state index in [4.69, 9.17) is 23.7 Å². The Morgan fingerprint density at radius 3 is 1.92 bits per heavy atom. The van der Waals surface area contributed by atoms with E-state index < -0.39 is 72.9 Å². The molecule has 0 N–H and O–H groups in total. The number of hydrogen-bond acceptors (Lipinski definition) is 11. The van der Waals surface area contributed by atoms with Crippen LogP contribution in [0.2, 0.25) is 0 Å². The van der Waals surface area contributed by atoms with Crippen molar-refractivity contribution < 1.29 is 38.1 Å². The van der Waals surface area contributed by atoms with Crippen LogP contribution in [0.3, 0.4) is 0 Å². The Balaban J connectivity index is 1.67. The molecule has 0 spiro atoms. The molecule has 4 rings (SSSR count). The van der Waals surface area contributed by atoms with Crippen molar-refractivity contribution in [3.05, 3.63) is 103 Å². The van der Waals surface area contributed by atoms with Crippen molar-refractivity contribution in [2.24, 2.45) is 15.3 Å². The fraction of sp³-hybridized carbons (Fsp3) is 0.545. The van der Waals surface area contributed by atoms with E-state index in [1.54, 1.807) is 4.90 Å². The Bertz CT molecular complexity index is 1630. The van der Waals surface area contributed by atoms with E-state index >= 15 is 0 Å². The van der Waals surface area contributed by atoms with Crippen LogP contribution in [-0.2, 0) is 46.4 Å². The fourth-order valence-corrected chi connectivity index (χ4v) is 6.45. The molecule has 2 aromatic rings. The quantitative estimate of drug-likeness (QED) is 0.0663. The number of ether oxygens (including phenoxy) is 5. The van der Waals surface area contributed by atoms with Gasteiger partial charge in [-0.2, -0.15) is 0 Å². The average molecular weight is 705 g/mol. The average Bonchev–Trinajstić information content (AvgIpc) is 3.11. The van der Waals surface area contributed by atoms with Crippen molar-refractivity contribution in [1.82, 2.24) is 4.90 Å². The monoisotopic (exact) mass is 704 g/mol. The fourth-order valence-electron chi connectivity index (χ4n) is 6.45. The summed E-state index contributed by atoms with van der Waals surface area (Å²) in [5.74, 6) is -1.53. The van der Waals surface area contributed by atoms with Crippen LogP contribution in [0.15, 0.2) is 76.0 Å². The summed E-state index contributed by atoms with van der Waals surface area (Å²) in [6.07, 6.45) is -5.57. The van der Waals surface area contributed by atoms with Crippen LogP contribution in [0, 0.1) is 0 Å². The van der Waals surface area contributed by atoms with Crippen LogP contribution in [0.4, 0.5) is 4.79 Å². The first-order chi connectivity index (χ1) is 24.7. The van der Waals surface area contributed by atoms with Gasteiger partial charge in [-0.05, 0) is 53.4 Å². The second-order valence-corrected chi connectivity index (χ2v) is 12.1. The molecule has 1 heterocycles. The molecule has 9 atom stereocenters. The molecule has 1 amide bonds. The van der Waals surface area contributed by atoms with Crippen LogP contribution >= 0.6 is 0 Å². The molecular formula is C33H40N10O8. The minimum Gasteiger partial charge on any atom is -0.458 e. The number of azide groups is 3. The van der Waals surface area contributed by atoms with Gasteiger partial charge in [-0.15, -0.1) is 0 Å². The van der Waals surface area contributed by atoms with Gasteiger partial charge in [0, 0.05) is 35.1 Å². The third-order valence-electron chi connectivity index (χ3n) is 8.64. The zero-order valence-corrected chi connectivity index (χ0v) is 28.5. The Hall–Kier alpha value is -5.50. The molecule has 1 saturated carbocycles. The number of amides is 1. The van der Waals surface area contributed by atoms with Crippen LogP contribution in [0.1, 0.15) is 57.6 Å². The van der Waals surface area contributed by atoms with Gasteiger partial charge in [0.2, 0.25) is 0 Å². The zero-order chi connectivity index (χ0) is 36.8. The highest BCUT2D eigenvalue weighted by Crippen LogP contribution is 2.36. The number of benzene rings is 2. The predicted molar refractivity (Wildman–Crippen MR) is 180 cm³/mol. The van der Waals surface area contributed by atoms with E-state index in [0.29, 0.717) is 12.8 Å². The second kappa shape index (κ2) is 19.0. The molecule has 270 valence electrons. The lowest BCUT2D eigenvalue weighted by Crippen LogP contribution is -2.61. The Morgan fingerprint density at radius 1 is 0.804 bits per heavy atom. The van der Waals surface area contributed by atoms with Gasteiger partial charge in [0.25, 0.3) is 0 Å². The molecule has 0 aromatic heterocycles. The molecule has 51 heavy (non-hydrogen) atoms. The number of esters is 2. The number of rotatable bonds is 14. The lowest BCUT2D eigenvalue weighted by Gasteiger charge is -2.46. The number of carbonyl (C=O) groups excluding carboxylic acids is 3. The smallest absolute Gasteiger partial charge is 0.410 e. The van der Waals surface area contributed by atoms with Gasteiger partial charge < -0.3 is 23.7 Å². The minimum atomic E-state index is -1.41. The van der Waals surface area contributed by atoms with Crippen molar-refractivity contribution in [3.8, 4) is 0 Å². The van der Waals surface area contributed by atoms with Gasteiger partial charge in [-0.1, -0.05) is 82.9 Å². The largest absolute Gasteiger partial charge is 0.458 e. The minimum absolute atomic E-state index is 0.0535. The summed E-state index contributed by atoms with van der Waals surface area (Å²) in [5, 5.41) is 11.4. The maximum Gasteiger partial charge on any atom is 0.410 e. The molecular weight excluding hydrogens is 664 g/mol. The molecule has 1 saturated heterocycles. The summed E-state index contributed by atoms with van der Waals surface area (Å²) in [5.41, 5.74) is 29.7. The number of carbonyl (C=O) groups is 3. The van der Waals surface area contributed by atoms with E-state index in [-0.39, 0.29) is 26.0 Å². The maximum atomic E-state index is 13.8. The molecule has 2 aliphatic rings. The van der Waals surface area contributed by atoms with Crippen molar-refractivity contribution in [3.63, 3.8) is 0 Å². The molecule has 2 fully saturated rings. The van der Waals surface area contributed by atoms with Gasteiger partial charge in [0.1, 0.15) is 18.8 Å². The Labute approximate surface area is 293 Å². The molecule has 18 heteroatoms. The molecule has 1 aliphatic carbocycles.